The van der Waals surface area contributed by atoms with E-state index < -0.39 is 20.2 Å². The lowest BCUT2D eigenvalue weighted by atomic mass is 10.5. The van der Waals surface area contributed by atoms with E-state index >= 15 is 0 Å². The summed E-state index contributed by atoms with van der Waals surface area (Å²) in [5.74, 6) is -0.0404. The van der Waals surface area contributed by atoms with Crippen LogP contribution in [0.15, 0.2) is 0 Å². The topological polar surface area (TPSA) is 105 Å². The van der Waals surface area contributed by atoms with Gasteiger partial charge in [0.05, 0.1) is 5.75 Å². The number of rotatable bonds is 10. The van der Waals surface area contributed by atoms with Crippen molar-refractivity contribution >= 4 is 20.2 Å². The predicted octanol–water partition coefficient (Wildman–Crippen LogP) is -1.66. The van der Waals surface area contributed by atoms with Gasteiger partial charge in [0.1, 0.15) is 0 Å². The van der Waals surface area contributed by atoms with Crippen molar-refractivity contribution in [2.75, 3.05) is 46.7 Å². The van der Waals surface area contributed by atoms with E-state index in [9.17, 15) is 16.8 Å². The van der Waals surface area contributed by atoms with Gasteiger partial charge in [-0.1, -0.05) is 0 Å². The second-order valence-corrected chi connectivity index (χ2v) is 7.64. The molecule has 10 heteroatoms. The Bertz CT molecular complexity index is 418. The van der Waals surface area contributed by atoms with Gasteiger partial charge in [0.2, 0.25) is 10.0 Å². The van der Waals surface area contributed by atoms with Crippen molar-refractivity contribution in [3.8, 4) is 0 Å². The summed E-state index contributed by atoms with van der Waals surface area (Å²) >= 11 is 0. The molecule has 0 rings (SSSR count). The van der Waals surface area contributed by atoms with E-state index in [1.807, 2.05) is 0 Å². The minimum Gasteiger partial charge on any atom is -0.385 e. The van der Waals surface area contributed by atoms with E-state index in [1.165, 1.54) is 21.2 Å². The van der Waals surface area contributed by atoms with Crippen LogP contribution in [0.1, 0.15) is 6.42 Å². The fourth-order valence-corrected chi connectivity index (χ4v) is 2.65. The highest BCUT2D eigenvalue weighted by molar-refractivity contribution is 7.89. The van der Waals surface area contributed by atoms with Gasteiger partial charge in [-0.15, -0.1) is 0 Å². The molecule has 0 aliphatic heterocycles. The first-order valence-corrected chi connectivity index (χ1v) is 8.44. The molecule has 2 N–H and O–H groups in total. The Labute approximate surface area is 109 Å². The Morgan fingerprint density at radius 1 is 1.06 bits per heavy atom. The number of methoxy groups -OCH3 is 1. The van der Waals surface area contributed by atoms with Crippen LogP contribution < -0.4 is 9.44 Å². The van der Waals surface area contributed by atoms with Crippen LogP contribution in [0.4, 0.5) is 0 Å². The number of hydrogen-bond donors (Lipinski definition) is 2. The van der Waals surface area contributed by atoms with Crippen LogP contribution in [0.2, 0.25) is 0 Å². The lowest BCUT2D eigenvalue weighted by molar-refractivity contribution is 0.199. The Hall–Kier alpha value is -0.260. The summed E-state index contributed by atoms with van der Waals surface area (Å²) in [7, 11) is -2.61. The van der Waals surface area contributed by atoms with Gasteiger partial charge in [0, 0.05) is 40.9 Å². The van der Waals surface area contributed by atoms with Crippen LogP contribution in [0.5, 0.6) is 0 Å². The molecule has 0 bridgehead atoms. The van der Waals surface area contributed by atoms with Crippen molar-refractivity contribution in [2.45, 2.75) is 6.42 Å². The maximum absolute atomic E-state index is 11.4. The summed E-state index contributed by atoms with van der Waals surface area (Å²) in [4.78, 5) is 0. The molecule has 0 fully saturated rings. The molecule has 0 spiro atoms. The normalized spacial score (nSPS) is 13.1. The highest BCUT2D eigenvalue weighted by Crippen LogP contribution is 1.90. The van der Waals surface area contributed by atoms with Crippen molar-refractivity contribution in [2.24, 2.45) is 0 Å². The SMILES string of the molecule is COCCCS(=O)(=O)NCCNS(=O)(=O)N(C)C. The van der Waals surface area contributed by atoms with E-state index in [0.717, 1.165) is 4.31 Å². The molecule has 0 aromatic heterocycles. The molecular weight excluding hydrogens is 282 g/mol. The summed E-state index contributed by atoms with van der Waals surface area (Å²) in [6.45, 7) is 0.389. The van der Waals surface area contributed by atoms with Gasteiger partial charge in [-0.05, 0) is 6.42 Å². The maximum Gasteiger partial charge on any atom is 0.278 e. The number of nitrogens with zero attached hydrogens (tertiary/aromatic N) is 1. The van der Waals surface area contributed by atoms with Gasteiger partial charge >= 0.3 is 0 Å². The second kappa shape index (κ2) is 8.02. The number of nitrogens with one attached hydrogen (secondary N) is 2. The number of hydrogen-bond acceptors (Lipinski definition) is 5. The van der Waals surface area contributed by atoms with Crippen molar-refractivity contribution in [3.05, 3.63) is 0 Å². The van der Waals surface area contributed by atoms with Crippen LogP contribution in [0.25, 0.3) is 0 Å². The van der Waals surface area contributed by atoms with E-state index in [-0.39, 0.29) is 18.8 Å². The lowest BCUT2D eigenvalue weighted by Crippen LogP contribution is -2.40. The first-order valence-electron chi connectivity index (χ1n) is 5.34. The van der Waals surface area contributed by atoms with E-state index in [1.54, 1.807) is 0 Å². The van der Waals surface area contributed by atoms with Crippen LogP contribution >= 0.6 is 0 Å². The van der Waals surface area contributed by atoms with Gasteiger partial charge in [-0.25, -0.2) is 17.9 Å². The standard InChI is InChI=1S/C8H21N3O5S2/c1-11(2)18(14,15)10-6-5-9-17(12,13)8-4-7-16-3/h9-10H,4-8H2,1-3H3. The van der Waals surface area contributed by atoms with E-state index in [2.05, 4.69) is 9.44 Å². The average molecular weight is 303 g/mol. The Morgan fingerprint density at radius 2 is 1.61 bits per heavy atom. The Balaban J connectivity index is 3.91. The summed E-state index contributed by atoms with van der Waals surface area (Å²) < 4.78 is 55.7. The third-order valence-electron chi connectivity index (χ3n) is 1.97. The quantitative estimate of drug-likeness (QED) is 0.470. The molecule has 0 saturated carbocycles. The highest BCUT2D eigenvalue weighted by Gasteiger charge is 2.13. The summed E-state index contributed by atoms with van der Waals surface area (Å²) in [6, 6.07) is 0. The molecule has 0 saturated heterocycles. The highest BCUT2D eigenvalue weighted by atomic mass is 32.2. The molecule has 0 aliphatic carbocycles. The molecule has 8 nitrogen and oxygen atoms in total. The summed E-state index contributed by atoms with van der Waals surface area (Å²) in [5, 5.41) is 0. The molecule has 110 valence electrons. The van der Waals surface area contributed by atoms with Crippen LogP contribution in [-0.4, -0.2) is 67.8 Å². The molecular formula is C8H21N3O5S2. The zero-order valence-corrected chi connectivity index (χ0v) is 12.5. The van der Waals surface area contributed by atoms with Crippen LogP contribution in [-0.2, 0) is 25.0 Å². The van der Waals surface area contributed by atoms with Gasteiger partial charge in [-0.2, -0.15) is 12.7 Å². The van der Waals surface area contributed by atoms with Crippen molar-refractivity contribution in [1.82, 2.24) is 13.7 Å². The average Bonchev–Trinajstić information content (AvgIpc) is 2.24. The van der Waals surface area contributed by atoms with Crippen molar-refractivity contribution in [3.63, 3.8) is 0 Å². The Kier molecular flexibility index (Phi) is 7.90. The van der Waals surface area contributed by atoms with Gasteiger partial charge < -0.3 is 4.74 Å². The summed E-state index contributed by atoms with van der Waals surface area (Å²) in [5.41, 5.74) is 0. The predicted molar refractivity (Wildman–Crippen MR) is 68.9 cm³/mol. The molecule has 0 heterocycles. The molecule has 0 amide bonds. The molecule has 0 atom stereocenters. The van der Waals surface area contributed by atoms with Crippen LogP contribution in [0.3, 0.4) is 0 Å². The molecule has 0 radical (unpaired) electrons. The molecule has 0 aliphatic rings. The zero-order valence-electron chi connectivity index (χ0n) is 10.8. The minimum absolute atomic E-state index is 0.00399. The van der Waals surface area contributed by atoms with E-state index in [0.29, 0.717) is 13.0 Å². The van der Waals surface area contributed by atoms with Gasteiger partial charge in [-0.3, -0.25) is 0 Å². The first kappa shape index (κ1) is 17.7. The molecule has 0 unspecified atom stereocenters. The number of ether oxygens (including phenoxy) is 1. The fourth-order valence-electron chi connectivity index (χ4n) is 0.981. The first-order chi connectivity index (χ1) is 8.21. The van der Waals surface area contributed by atoms with Crippen molar-refractivity contribution < 1.29 is 21.6 Å². The molecule has 0 aromatic rings. The third-order valence-corrected chi connectivity index (χ3v) is 4.97. The zero-order chi connectivity index (χ0) is 14.2. The largest absolute Gasteiger partial charge is 0.385 e. The summed E-state index contributed by atoms with van der Waals surface area (Å²) in [6.07, 6.45) is 0.398. The monoisotopic (exact) mass is 303 g/mol. The Morgan fingerprint density at radius 3 is 2.11 bits per heavy atom. The van der Waals surface area contributed by atoms with Crippen molar-refractivity contribution in [1.29, 1.82) is 0 Å². The second-order valence-electron chi connectivity index (χ2n) is 3.74. The van der Waals surface area contributed by atoms with Crippen LogP contribution in [0, 0.1) is 0 Å². The van der Waals surface area contributed by atoms with E-state index in [4.69, 9.17) is 4.74 Å². The molecule has 0 aromatic carbocycles. The van der Waals surface area contributed by atoms with Gasteiger partial charge in [0.25, 0.3) is 10.2 Å². The fraction of sp³-hybridized carbons (Fsp3) is 1.00. The lowest BCUT2D eigenvalue weighted by Gasteiger charge is -2.12. The maximum atomic E-state index is 11.4. The molecule has 18 heavy (non-hydrogen) atoms. The third kappa shape index (κ3) is 7.95. The number of sulfonamides is 1. The van der Waals surface area contributed by atoms with Gasteiger partial charge in [0.15, 0.2) is 0 Å². The minimum atomic E-state index is -3.51. The smallest absolute Gasteiger partial charge is 0.278 e.